The smallest absolute Gasteiger partial charge is 0.152 e. The SMILES string of the molecule is NCC1(NCCCCCO)CCS(=O)(=O)C1. The lowest BCUT2D eigenvalue weighted by molar-refractivity contribution is 0.280. The van der Waals surface area contributed by atoms with E-state index in [1.807, 2.05) is 0 Å². The molecule has 0 bridgehead atoms. The van der Waals surface area contributed by atoms with Crippen LogP contribution in [0.4, 0.5) is 0 Å². The highest BCUT2D eigenvalue weighted by Crippen LogP contribution is 2.22. The van der Waals surface area contributed by atoms with Crippen LogP contribution in [-0.2, 0) is 9.84 Å². The first-order valence-electron chi connectivity index (χ1n) is 5.80. The first kappa shape index (κ1) is 13.9. The molecule has 0 aromatic rings. The van der Waals surface area contributed by atoms with Crippen LogP contribution in [0.2, 0.25) is 0 Å². The lowest BCUT2D eigenvalue weighted by Gasteiger charge is -2.27. The first-order chi connectivity index (χ1) is 7.54. The first-order valence-corrected chi connectivity index (χ1v) is 7.62. The molecule has 1 aliphatic heterocycles. The summed E-state index contributed by atoms with van der Waals surface area (Å²) in [7, 11) is -2.90. The minimum absolute atomic E-state index is 0.163. The molecule has 1 fully saturated rings. The maximum Gasteiger partial charge on any atom is 0.152 e. The van der Waals surface area contributed by atoms with Gasteiger partial charge in [0.1, 0.15) is 0 Å². The van der Waals surface area contributed by atoms with E-state index in [1.54, 1.807) is 0 Å². The zero-order valence-electron chi connectivity index (χ0n) is 9.61. The fraction of sp³-hybridized carbons (Fsp3) is 1.00. The van der Waals surface area contributed by atoms with Gasteiger partial charge in [0.05, 0.1) is 11.5 Å². The van der Waals surface area contributed by atoms with Gasteiger partial charge in [0.15, 0.2) is 9.84 Å². The van der Waals surface area contributed by atoms with Crippen LogP contribution in [0.25, 0.3) is 0 Å². The van der Waals surface area contributed by atoms with Gasteiger partial charge in [-0.3, -0.25) is 0 Å². The van der Waals surface area contributed by atoms with Gasteiger partial charge in [-0.1, -0.05) is 0 Å². The third-order valence-corrected chi connectivity index (χ3v) is 4.93. The molecule has 6 heteroatoms. The zero-order valence-corrected chi connectivity index (χ0v) is 10.4. The predicted molar refractivity (Wildman–Crippen MR) is 64.0 cm³/mol. The van der Waals surface area contributed by atoms with Gasteiger partial charge in [0, 0.05) is 18.7 Å². The van der Waals surface area contributed by atoms with Crippen molar-refractivity contribution in [3.05, 3.63) is 0 Å². The summed E-state index contributed by atoms with van der Waals surface area (Å²) in [4.78, 5) is 0. The van der Waals surface area contributed by atoms with Gasteiger partial charge < -0.3 is 16.2 Å². The third-order valence-electron chi connectivity index (χ3n) is 3.11. The van der Waals surface area contributed by atoms with Gasteiger partial charge in [-0.05, 0) is 32.2 Å². The number of unbranched alkanes of at least 4 members (excludes halogenated alkanes) is 2. The Morgan fingerprint density at radius 2 is 2.06 bits per heavy atom. The average molecular weight is 250 g/mol. The van der Waals surface area contributed by atoms with Crippen molar-refractivity contribution >= 4 is 9.84 Å². The summed E-state index contributed by atoms with van der Waals surface area (Å²) in [6, 6.07) is 0. The number of rotatable bonds is 7. The fourth-order valence-electron chi connectivity index (χ4n) is 2.06. The standard InChI is InChI=1S/C10H22N2O3S/c11-8-10(4-7-16(14,15)9-10)12-5-2-1-3-6-13/h12-13H,1-9,11H2. The minimum atomic E-state index is -2.90. The Bertz CT molecular complexity index is 305. The Hall–Kier alpha value is -0.170. The number of sulfone groups is 1. The lowest BCUT2D eigenvalue weighted by atomic mass is 9.99. The summed E-state index contributed by atoms with van der Waals surface area (Å²) in [6.45, 7) is 1.36. The van der Waals surface area contributed by atoms with Crippen LogP contribution in [-0.4, -0.2) is 50.3 Å². The quantitative estimate of drug-likeness (QED) is 0.517. The van der Waals surface area contributed by atoms with Crippen LogP contribution in [0.3, 0.4) is 0 Å². The molecule has 1 heterocycles. The molecule has 1 aliphatic rings. The Labute approximate surface area is 97.3 Å². The molecule has 0 aliphatic carbocycles. The van der Waals surface area contributed by atoms with E-state index < -0.39 is 15.4 Å². The second kappa shape index (κ2) is 5.95. The molecule has 16 heavy (non-hydrogen) atoms. The van der Waals surface area contributed by atoms with Crippen LogP contribution in [0.1, 0.15) is 25.7 Å². The van der Waals surface area contributed by atoms with Crippen LogP contribution in [0, 0.1) is 0 Å². The van der Waals surface area contributed by atoms with E-state index in [4.69, 9.17) is 10.8 Å². The lowest BCUT2D eigenvalue weighted by Crippen LogP contribution is -2.52. The molecule has 0 amide bonds. The highest BCUT2D eigenvalue weighted by Gasteiger charge is 2.40. The predicted octanol–water partition coefficient (Wildman–Crippen LogP) is -0.745. The molecule has 1 saturated heterocycles. The van der Waals surface area contributed by atoms with Crippen LogP contribution < -0.4 is 11.1 Å². The van der Waals surface area contributed by atoms with Gasteiger partial charge >= 0.3 is 0 Å². The summed E-state index contributed by atoms with van der Waals surface area (Å²) in [6.07, 6.45) is 3.32. The molecule has 1 atom stereocenters. The van der Waals surface area contributed by atoms with Crippen molar-refractivity contribution < 1.29 is 13.5 Å². The zero-order chi connectivity index (χ0) is 12.1. The highest BCUT2D eigenvalue weighted by atomic mass is 32.2. The number of aliphatic hydroxyl groups excluding tert-OH is 1. The largest absolute Gasteiger partial charge is 0.396 e. The molecular formula is C10H22N2O3S. The maximum atomic E-state index is 11.4. The molecule has 1 unspecified atom stereocenters. The molecule has 1 rings (SSSR count). The van der Waals surface area contributed by atoms with E-state index >= 15 is 0 Å². The number of nitrogens with one attached hydrogen (secondary N) is 1. The maximum absolute atomic E-state index is 11.4. The van der Waals surface area contributed by atoms with Crippen molar-refractivity contribution in [2.75, 3.05) is 31.2 Å². The van der Waals surface area contributed by atoms with Crippen LogP contribution in [0.15, 0.2) is 0 Å². The van der Waals surface area contributed by atoms with Gasteiger partial charge in [-0.15, -0.1) is 0 Å². The van der Waals surface area contributed by atoms with E-state index in [9.17, 15) is 8.42 Å². The van der Waals surface area contributed by atoms with Crippen molar-refractivity contribution in [1.29, 1.82) is 0 Å². The van der Waals surface area contributed by atoms with Gasteiger partial charge in [0.25, 0.3) is 0 Å². The van der Waals surface area contributed by atoms with Crippen LogP contribution >= 0.6 is 0 Å². The molecule has 0 spiro atoms. The fourth-order valence-corrected chi connectivity index (χ4v) is 4.11. The average Bonchev–Trinajstić information content (AvgIpc) is 2.55. The molecule has 0 aromatic heterocycles. The van der Waals surface area contributed by atoms with Crippen molar-refractivity contribution in [3.63, 3.8) is 0 Å². The monoisotopic (exact) mass is 250 g/mol. The van der Waals surface area contributed by atoms with E-state index in [0.29, 0.717) is 13.0 Å². The summed E-state index contributed by atoms with van der Waals surface area (Å²) < 4.78 is 22.8. The summed E-state index contributed by atoms with van der Waals surface area (Å²) in [5.41, 5.74) is 5.26. The highest BCUT2D eigenvalue weighted by molar-refractivity contribution is 7.91. The minimum Gasteiger partial charge on any atom is -0.396 e. The summed E-state index contributed by atoms with van der Waals surface area (Å²) in [5.74, 6) is 0.407. The molecule has 4 N–H and O–H groups in total. The van der Waals surface area contributed by atoms with Crippen molar-refractivity contribution in [2.45, 2.75) is 31.2 Å². The van der Waals surface area contributed by atoms with Crippen molar-refractivity contribution in [3.8, 4) is 0 Å². The molecular weight excluding hydrogens is 228 g/mol. The molecule has 0 aromatic carbocycles. The summed E-state index contributed by atoms with van der Waals surface area (Å²) in [5, 5.41) is 11.9. The van der Waals surface area contributed by atoms with E-state index in [0.717, 1.165) is 25.8 Å². The molecule has 5 nitrogen and oxygen atoms in total. The van der Waals surface area contributed by atoms with Crippen molar-refractivity contribution in [2.24, 2.45) is 5.73 Å². The Kier molecular flexibility index (Phi) is 5.17. The Morgan fingerprint density at radius 3 is 2.56 bits per heavy atom. The number of nitrogens with two attached hydrogens (primary N) is 1. The number of hydrogen-bond acceptors (Lipinski definition) is 5. The number of hydrogen-bond donors (Lipinski definition) is 3. The number of aliphatic hydroxyl groups is 1. The molecule has 96 valence electrons. The van der Waals surface area contributed by atoms with E-state index in [2.05, 4.69) is 5.32 Å². The third kappa shape index (κ3) is 4.01. The second-order valence-corrected chi connectivity index (χ2v) is 6.72. The summed E-state index contributed by atoms with van der Waals surface area (Å²) >= 11 is 0. The Morgan fingerprint density at radius 1 is 1.31 bits per heavy atom. The van der Waals surface area contributed by atoms with Gasteiger partial charge in [-0.2, -0.15) is 0 Å². The second-order valence-electron chi connectivity index (χ2n) is 4.54. The van der Waals surface area contributed by atoms with Crippen LogP contribution in [0.5, 0.6) is 0 Å². The van der Waals surface area contributed by atoms with Gasteiger partial charge in [-0.25, -0.2) is 8.42 Å². The normalized spacial score (nSPS) is 28.4. The van der Waals surface area contributed by atoms with Gasteiger partial charge in [0.2, 0.25) is 0 Å². The molecule has 0 saturated carbocycles. The topological polar surface area (TPSA) is 92.4 Å². The molecule has 0 radical (unpaired) electrons. The Balaban J connectivity index is 2.33. The van der Waals surface area contributed by atoms with Crippen molar-refractivity contribution in [1.82, 2.24) is 5.32 Å². The van der Waals surface area contributed by atoms with E-state index in [-0.39, 0.29) is 18.1 Å². The van der Waals surface area contributed by atoms with E-state index in [1.165, 1.54) is 0 Å².